The predicted molar refractivity (Wildman–Crippen MR) is 83.1 cm³/mol. The van der Waals surface area contributed by atoms with Gasteiger partial charge in [0.2, 0.25) is 0 Å². The number of likely N-dealkylation sites (N-methyl/N-ethyl adjacent to an activating group) is 1. The van der Waals surface area contributed by atoms with Gasteiger partial charge in [0.05, 0.1) is 0 Å². The largest absolute Gasteiger partial charge is 0.480 e. The highest BCUT2D eigenvalue weighted by Gasteiger charge is 2.39. The molecule has 0 amide bonds. The molecule has 1 heterocycles. The lowest BCUT2D eigenvalue weighted by Gasteiger charge is -2.42. The van der Waals surface area contributed by atoms with Gasteiger partial charge in [-0.3, -0.25) is 9.80 Å². The van der Waals surface area contributed by atoms with Crippen molar-refractivity contribution in [3.63, 3.8) is 0 Å². The Balaban J connectivity index is 2.13. The van der Waals surface area contributed by atoms with E-state index in [1.807, 2.05) is 18.2 Å². The number of carboxylic acids is 1. The molecule has 5 nitrogen and oxygen atoms in total. The molecule has 1 aromatic rings. The summed E-state index contributed by atoms with van der Waals surface area (Å²) in [5.41, 5.74) is 5.55. The summed E-state index contributed by atoms with van der Waals surface area (Å²) in [7, 11) is 0. The van der Waals surface area contributed by atoms with E-state index in [-0.39, 0.29) is 0 Å². The number of hydrogen-bond acceptors (Lipinski definition) is 4. The molecule has 0 bridgehead atoms. The Morgan fingerprint density at radius 1 is 1.38 bits per heavy atom. The van der Waals surface area contributed by atoms with E-state index in [0.717, 1.165) is 26.2 Å². The van der Waals surface area contributed by atoms with Crippen molar-refractivity contribution in [1.82, 2.24) is 9.80 Å². The van der Waals surface area contributed by atoms with Crippen LogP contribution < -0.4 is 5.73 Å². The maximum atomic E-state index is 11.7. The standard InChI is InChI=1S/C16H25N3O2/c1-3-19-10-9-18(11-13(19)2)12-16(17,15(20)21)14-7-5-4-6-8-14/h4-8,13H,3,9-12,17H2,1-2H3,(H,20,21). The molecule has 1 aliphatic rings. The van der Waals surface area contributed by atoms with Crippen LogP contribution >= 0.6 is 0 Å². The average Bonchev–Trinajstić information content (AvgIpc) is 2.48. The van der Waals surface area contributed by atoms with Crippen LogP contribution in [0.2, 0.25) is 0 Å². The van der Waals surface area contributed by atoms with Crippen LogP contribution in [0, 0.1) is 0 Å². The zero-order valence-corrected chi connectivity index (χ0v) is 12.8. The van der Waals surface area contributed by atoms with Crippen LogP contribution in [0.5, 0.6) is 0 Å². The van der Waals surface area contributed by atoms with Crippen LogP contribution in [-0.4, -0.2) is 59.6 Å². The van der Waals surface area contributed by atoms with Crippen LogP contribution in [0.4, 0.5) is 0 Å². The van der Waals surface area contributed by atoms with Gasteiger partial charge in [0.25, 0.3) is 0 Å². The number of benzene rings is 1. The second kappa shape index (κ2) is 6.56. The molecule has 0 spiro atoms. The van der Waals surface area contributed by atoms with Gasteiger partial charge in [-0.1, -0.05) is 37.3 Å². The fraction of sp³-hybridized carbons (Fsp3) is 0.562. The van der Waals surface area contributed by atoms with E-state index in [4.69, 9.17) is 5.73 Å². The van der Waals surface area contributed by atoms with Crippen LogP contribution in [0.3, 0.4) is 0 Å². The minimum absolute atomic E-state index is 0.342. The smallest absolute Gasteiger partial charge is 0.329 e. The second-order valence-corrected chi connectivity index (χ2v) is 5.86. The molecule has 0 radical (unpaired) electrons. The average molecular weight is 291 g/mol. The molecule has 0 aliphatic carbocycles. The normalized spacial score (nSPS) is 23.7. The first-order chi connectivity index (χ1) is 9.97. The molecular weight excluding hydrogens is 266 g/mol. The van der Waals surface area contributed by atoms with Crippen molar-refractivity contribution in [2.75, 3.05) is 32.7 Å². The van der Waals surface area contributed by atoms with Crippen LogP contribution in [0.15, 0.2) is 30.3 Å². The maximum Gasteiger partial charge on any atom is 0.329 e. The molecule has 5 heteroatoms. The van der Waals surface area contributed by atoms with E-state index >= 15 is 0 Å². The summed E-state index contributed by atoms with van der Waals surface area (Å²) in [6.07, 6.45) is 0. The van der Waals surface area contributed by atoms with Crippen molar-refractivity contribution in [2.24, 2.45) is 5.73 Å². The van der Waals surface area contributed by atoms with Gasteiger partial charge in [-0.25, -0.2) is 4.79 Å². The summed E-state index contributed by atoms with van der Waals surface area (Å²) in [4.78, 5) is 16.3. The van der Waals surface area contributed by atoms with Crippen LogP contribution in [-0.2, 0) is 10.3 Å². The quantitative estimate of drug-likeness (QED) is 0.845. The first-order valence-corrected chi connectivity index (χ1v) is 7.51. The molecular formula is C16H25N3O2. The zero-order chi connectivity index (χ0) is 15.5. The Kier molecular flexibility index (Phi) is 4.98. The Hall–Kier alpha value is -1.43. The van der Waals surface area contributed by atoms with E-state index in [1.165, 1.54) is 0 Å². The third-order valence-electron chi connectivity index (χ3n) is 4.40. The SMILES string of the molecule is CCN1CCN(CC(N)(C(=O)O)c2ccccc2)CC1C. The van der Waals surface area contributed by atoms with Crippen molar-refractivity contribution < 1.29 is 9.90 Å². The third-order valence-corrected chi connectivity index (χ3v) is 4.40. The van der Waals surface area contributed by atoms with Gasteiger partial charge in [0.15, 0.2) is 5.54 Å². The number of carboxylic acid groups (broad SMARTS) is 1. The lowest BCUT2D eigenvalue weighted by atomic mass is 9.90. The fourth-order valence-corrected chi connectivity index (χ4v) is 3.05. The van der Waals surface area contributed by atoms with E-state index in [9.17, 15) is 9.90 Å². The third kappa shape index (κ3) is 3.43. The van der Waals surface area contributed by atoms with Gasteiger partial charge < -0.3 is 10.8 Å². The molecule has 1 saturated heterocycles. The molecule has 2 rings (SSSR count). The number of hydrogen-bond donors (Lipinski definition) is 2. The van der Waals surface area contributed by atoms with Gasteiger partial charge in [-0.05, 0) is 19.0 Å². The molecule has 21 heavy (non-hydrogen) atoms. The molecule has 0 aromatic heterocycles. The highest BCUT2D eigenvalue weighted by Crippen LogP contribution is 2.22. The Labute approximate surface area is 126 Å². The molecule has 1 fully saturated rings. The number of nitrogens with two attached hydrogens (primary N) is 1. The number of piperazine rings is 1. The predicted octanol–water partition coefficient (Wildman–Crippen LogP) is 0.951. The minimum Gasteiger partial charge on any atom is -0.480 e. The van der Waals surface area contributed by atoms with E-state index in [1.54, 1.807) is 12.1 Å². The Morgan fingerprint density at radius 3 is 2.57 bits per heavy atom. The fourth-order valence-electron chi connectivity index (χ4n) is 3.05. The molecule has 1 aromatic carbocycles. The minimum atomic E-state index is -1.35. The second-order valence-electron chi connectivity index (χ2n) is 5.86. The molecule has 116 valence electrons. The van der Waals surface area contributed by atoms with Gasteiger partial charge in [0.1, 0.15) is 0 Å². The first-order valence-electron chi connectivity index (χ1n) is 7.51. The molecule has 2 atom stereocenters. The van der Waals surface area contributed by atoms with Crippen molar-refractivity contribution in [3.8, 4) is 0 Å². The summed E-state index contributed by atoms with van der Waals surface area (Å²) in [5.74, 6) is -0.973. The number of nitrogens with zero attached hydrogens (tertiary/aromatic N) is 2. The van der Waals surface area contributed by atoms with E-state index < -0.39 is 11.5 Å². The van der Waals surface area contributed by atoms with Crippen molar-refractivity contribution in [3.05, 3.63) is 35.9 Å². The Morgan fingerprint density at radius 2 is 2.05 bits per heavy atom. The van der Waals surface area contributed by atoms with Crippen molar-refractivity contribution >= 4 is 5.97 Å². The summed E-state index contributed by atoms with van der Waals surface area (Å²) in [5, 5.41) is 9.62. The summed E-state index contributed by atoms with van der Waals surface area (Å²) in [6, 6.07) is 9.54. The first kappa shape index (κ1) is 15.9. The van der Waals surface area contributed by atoms with Gasteiger partial charge >= 0.3 is 5.97 Å². The highest BCUT2D eigenvalue weighted by atomic mass is 16.4. The van der Waals surface area contributed by atoms with Crippen molar-refractivity contribution in [2.45, 2.75) is 25.4 Å². The summed E-state index contributed by atoms with van der Waals surface area (Å²) in [6.45, 7) is 8.37. The lowest BCUT2D eigenvalue weighted by molar-refractivity contribution is -0.145. The van der Waals surface area contributed by atoms with Crippen LogP contribution in [0.1, 0.15) is 19.4 Å². The van der Waals surface area contributed by atoms with Crippen molar-refractivity contribution in [1.29, 1.82) is 0 Å². The molecule has 1 aliphatic heterocycles. The molecule has 2 unspecified atom stereocenters. The van der Waals surface area contributed by atoms with Gasteiger partial charge in [0, 0.05) is 32.2 Å². The number of carbonyl (C=O) groups is 1. The van der Waals surface area contributed by atoms with E-state index in [0.29, 0.717) is 18.2 Å². The van der Waals surface area contributed by atoms with Gasteiger partial charge in [-0.15, -0.1) is 0 Å². The van der Waals surface area contributed by atoms with Crippen LogP contribution in [0.25, 0.3) is 0 Å². The van der Waals surface area contributed by atoms with Gasteiger partial charge in [-0.2, -0.15) is 0 Å². The summed E-state index contributed by atoms with van der Waals surface area (Å²) >= 11 is 0. The summed E-state index contributed by atoms with van der Waals surface area (Å²) < 4.78 is 0. The zero-order valence-electron chi connectivity index (χ0n) is 12.8. The highest BCUT2D eigenvalue weighted by molar-refractivity contribution is 5.80. The topological polar surface area (TPSA) is 69.8 Å². The van der Waals surface area contributed by atoms with E-state index in [2.05, 4.69) is 23.6 Å². The molecule has 0 saturated carbocycles. The molecule has 3 N–H and O–H groups in total. The Bertz CT molecular complexity index is 480. The maximum absolute atomic E-state index is 11.7. The lowest BCUT2D eigenvalue weighted by Crippen LogP contribution is -2.59. The number of aliphatic carboxylic acids is 1. The number of rotatable bonds is 5. The monoisotopic (exact) mass is 291 g/mol.